The van der Waals surface area contributed by atoms with Gasteiger partial charge in [0.1, 0.15) is 5.75 Å². The molecule has 1 heterocycles. The van der Waals surface area contributed by atoms with Crippen LogP contribution in [-0.2, 0) is 9.59 Å². The number of amides is 3. The van der Waals surface area contributed by atoms with Crippen LogP contribution in [0.5, 0.6) is 5.75 Å². The molecule has 0 unspecified atom stereocenters. The van der Waals surface area contributed by atoms with E-state index in [1.54, 1.807) is 43.3 Å². The van der Waals surface area contributed by atoms with E-state index in [4.69, 9.17) is 4.74 Å². The van der Waals surface area contributed by atoms with Crippen LogP contribution < -0.4 is 10.1 Å². The summed E-state index contributed by atoms with van der Waals surface area (Å²) in [4.78, 5) is 38.6. The van der Waals surface area contributed by atoms with Crippen molar-refractivity contribution in [1.82, 2.24) is 9.80 Å². The number of anilines is 1. The van der Waals surface area contributed by atoms with Crippen molar-refractivity contribution in [3.05, 3.63) is 24.3 Å². The maximum atomic E-state index is 12.1. The van der Waals surface area contributed by atoms with E-state index in [0.717, 1.165) is 5.75 Å². The first-order valence-electron chi connectivity index (χ1n) is 7.59. The molecule has 0 aromatic heterocycles. The van der Waals surface area contributed by atoms with Crippen molar-refractivity contribution in [2.45, 2.75) is 6.42 Å². The number of methoxy groups -OCH3 is 1. The van der Waals surface area contributed by atoms with Crippen molar-refractivity contribution in [2.24, 2.45) is 0 Å². The maximum absolute atomic E-state index is 12.1. The summed E-state index contributed by atoms with van der Waals surface area (Å²) in [5.41, 5.74) is 0.611. The molecule has 1 aromatic rings. The largest absolute Gasteiger partial charge is 0.497 e. The number of thioether (sulfide) groups is 1. The fourth-order valence-corrected chi connectivity index (χ4v) is 3.11. The predicted molar refractivity (Wildman–Crippen MR) is 93.3 cm³/mol. The molecule has 1 aromatic carbocycles. The Hall–Kier alpha value is -2.22. The summed E-state index contributed by atoms with van der Waals surface area (Å²) >= 11 is 1.27. The molecular weight excluding hydrogens is 330 g/mol. The lowest BCUT2D eigenvalue weighted by Gasteiger charge is -2.19. The molecule has 0 bridgehead atoms. The zero-order valence-corrected chi connectivity index (χ0v) is 14.6. The van der Waals surface area contributed by atoms with Gasteiger partial charge in [-0.25, -0.2) is 0 Å². The summed E-state index contributed by atoms with van der Waals surface area (Å²) in [5, 5.41) is 2.74. The maximum Gasteiger partial charge on any atom is 0.281 e. The Labute approximate surface area is 145 Å². The van der Waals surface area contributed by atoms with Gasteiger partial charge < -0.3 is 19.9 Å². The van der Waals surface area contributed by atoms with Crippen LogP contribution in [0, 0.1) is 0 Å². The topological polar surface area (TPSA) is 79.0 Å². The van der Waals surface area contributed by atoms with E-state index in [9.17, 15) is 14.4 Å². The molecule has 0 aliphatic carbocycles. The first kappa shape index (κ1) is 18.1. The van der Waals surface area contributed by atoms with Gasteiger partial charge >= 0.3 is 0 Å². The van der Waals surface area contributed by atoms with Crippen LogP contribution in [-0.4, -0.2) is 66.4 Å². The van der Waals surface area contributed by atoms with Gasteiger partial charge in [0.15, 0.2) is 0 Å². The molecule has 24 heavy (non-hydrogen) atoms. The molecule has 3 amide bonds. The van der Waals surface area contributed by atoms with Gasteiger partial charge in [-0.15, -0.1) is 0 Å². The molecule has 0 atom stereocenters. The van der Waals surface area contributed by atoms with Crippen molar-refractivity contribution in [1.29, 1.82) is 0 Å². The lowest BCUT2D eigenvalue weighted by Crippen LogP contribution is -2.37. The highest BCUT2D eigenvalue weighted by atomic mass is 32.2. The first-order chi connectivity index (χ1) is 11.5. The Morgan fingerprint density at radius 2 is 2.21 bits per heavy atom. The third-order valence-electron chi connectivity index (χ3n) is 3.60. The minimum Gasteiger partial charge on any atom is -0.497 e. The second kappa shape index (κ2) is 8.58. The fraction of sp³-hybridized carbons (Fsp3) is 0.438. The normalized spacial score (nSPS) is 13.8. The van der Waals surface area contributed by atoms with Gasteiger partial charge in [0, 0.05) is 44.1 Å². The standard InChI is InChI=1S/C16H21N3O4S/c1-18(15(21)6-7-19-8-9-24-16(19)22)11-14(20)17-12-4-3-5-13(10-12)23-2/h3-5,10H,6-9,11H2,1-2H3,(H,17,20). The first-order valence-corrected chi connectivity index (χ1v) is 8.57. The molecule has 8 heteroatoms. The summed E-state index contributed by atoms with van der Waals surface area (Å²) in [6.07, 6.45) is 0.217. The van der Waals surface area contributed by atoms with Crippen LogP contribution in [0.15, 0.2) is 24.3 Å². The monoisotopic (exact) mass is 351 g/mol. The molecule has 1 N–H and O–H groups in total. The molecule has 1 saturated heterocycles. The number of carbonyl (C=O) groups is 3. The van der Waals surface area contributed by atoms with Crippen LogP contribution >= 0.6 is 11.8 Å². The van der Waals surface area contributed by atoms with Crippen LogP contribution in [0.25, 0.3) is 0 Å². The summed E-state index contributed by atoms with van der Waals surface area (Å²) in [6.45, 7) is 1.03. The molecule has 0 saturated carbocycles. The number of nitrogens with zero attached hydrogens (tertiary/aromatic N) is 2. The van der Waals surface area contributed by atoms with Crippen LogP contribution in [0.2, 0.25) is 0 Å². The molecule has 7 nitrogen and oxygen atoms in total. The average Bonchev–Trinajstić information content (AvgIpc) is 2.97. The van der Waals surface area contributed by atoms with E-state index in [0.29, 0.717) is 24.5 Å². The van der Waals surface area contributed by atoms with Gasteiger partial charge in [-0.05, 0) is 12.1 Å². The zero-order chi connectivity index (χ0) is 17.5. The predicted octanol–water partition coefficient (Wildman–Crippen LogP) is 1.65. The molecule has 1 aliphatic rings. The number of ether oxygens (including phenoxy) is 1. The Bertz CT molecular complexity index is 623. The van der Waals surface area contributed by atoms with Gasteiger partial charge in [0.2, 0.25) is 11.8 Å². The van der Waals surface area contributed by atoms with Gasteiger partial charge in [-0.1, -0.05) is 17.8 Å². The molecule has 1 fully saturated rings. The van der Waals surface area contributed by atoms with E-state index in [1.807, 2.05) is 0 Å². The number of hydrogen-bond acceptors (Lipinski definition) is 5. The number of nitrogens with one attached hydrogen (secondary N) is 1. The number of benzene rings is 1. The Morgan fingerprint density at radius 1 is 1.42 bits per heavy atom. The molecule has 1 aliphatic heterocycles. The molecular formula is C16H21N3O4S. The van der Waals surface area contributed by atoms with Crippen LogP contribution in [0.4, 0.5) is 10.5 Å². The molecule has 130 valence electrons. The van der Waals surface area contributed by atoms with Gasteiger partial charge in [-0.3, -0.25) is 14.4 Å². The van der Waals surface area contributed by atoms with E-state index >= 15 is 0 Å². The van der Waals surface area contributed by atoms with Crippen molar-refractivity contribution >= 4 is 34.5 Å². The number of carbonyl (C=O) groups excluding carboxylic acids is 3. The highest BCUT2D eigenvalue weighted by Gasteiger charge is 2.22. The lowest BCUT2D eigenvalue weighted by molar-refractivity contribution is -0.133. The van der Waals surface area contributed by atoms with Crippen molar-refractivity contribution in [3.8, 4) is 5.75 Å². The minimum atomic E-state index is -0.285. The third kappa shape index (κ3) is 5.16. The molecule has 2 rings (SSSR count). The number of likely N-dealkylation sites (N-methyl/N-ethyl adjacent to an activating group) is 1. The van der Waals surface area contributed by atoms with Crippen LogP contribution in [0.3, 0.4) is 0 Å². The Balaban J connectivity index is 1.77. The summed E-state index contributed by atoms with van der Waals surface area (Å²) in [5.74, 6) is 0.962. The van der Waals surface area contributed by atoms with Gasteiger partial charge in [0.25, 0.3) is 5.24 Å². The van der Waals surface area contributed by atoms with Crippen molar-refractivity contribution in [3.63, 3.8) is 0 Å². The quantitative estimate of drug-likeness (QED) is 0.808. The number of hydrogen-bond donors (Lipinski definition) is 1. The van der Waals surface area contributed by atoms with Crippen molar-refractivity contribution in [2.75, 3.05) is 44.9 Å². The highest BCUT2D eigenvalue weighted by molar-refractivity contribution is 8.13. The Kier molecular flexibility index (Phi) is 6.48. The third-order valence-corrected chi connectivity index (χ3v) is 4.49. The SMILES string of the molecule is COc1cccc(NC(=O)CN(C)C(=O)CCN2CCSC2=O)c1. The van der Waals surface area contributed by atoms with Crippen molar-refractivity contribution < 1.29 is 19.1 Å². The van der Waals surface area contributed by atoms with Gasteiger partial charge in [0.05, 0.1) is 13.7 Å². The van der Waals surface area contributed by atoms with E-state index in [2.05, 4.69) is 5.32 Å². The smallest absolute Gasteiger partial charge is 0.281 e. The molecule has 0 spiro atoms. The lowest BCUT2D eigenvalue weighted by atomic mass is 10.3. The Morgan fingerprint density at radius 3 is 2.88 bits per heavy atom. The number of rotatable bonds is 7. The minimum absolute atomic E-state index is 0.0150. The molecule has 0 radical (unpaired) electrons. The van der Waals surface area contributed by atoms with E-state index in [-0.39, 0.29) is 30.0 Å². The second-order valence-electron chi connectivity index (χ2n) is 5.38. The van der Waals surface area contributed by atoms with E-state index < -0.39 is 0 Å². The van der Waals surface area contributed by atoms with E-state index in [1.165, 1.54) is 16.7 Å². The fourth-order valence-electron chi connectivity index (χ4n) is 2.26. The second-order valence-corrected chi connectivity index (χ2v) is 6.43. The zero-order valence-electron chi connectivity index (χ0n) is 13.8. The average molecular weight is 351 g/mol. The summed E-state index contributed by atoms with van der Waals surface area (Å²) in [7, 11) is 3.13. The van der Waals surface area contributed by atoms with Crippen LogP contribution in [0.1, 0.15) is 6.42 Å². The summed E-state index contributed by atoms with van der Waals surface area (Å²) in [6, 6.07) is 7.01. The highest BCUT2D eigenvalue weighted by Crippen LogP contribution is 2.18. The summed E-state index contributed by atoms with van der Waals surface area (Å²) < 4.78 is 5.10. The van der Waals surface area contributed by atoms with Gasteiger partial charge in [-0.2, -0.15) is 0 Å².